The highest BCUT2D eigenvalue weighted by atomic mass is 16.5. The third kappa shape index (κ3) is 5.08. The lowest BCUT2D eigenvalue weighted by Gasteiger charge is -2.21. The van der Waals surface area contributed by atoms with Crippen molar-refractivity contribution in [3.05, 3.63) is 109 Å². The largest absolute Gasteiger partial charge is 0.507 e. The van der Waals surface area contributed by atoms with Crippen LogP contribution in [-0.2, 0) is 0 Å². The van der Waals surface area contributed by atoms with E-state index in [2.05, 4.69) is 0 Å². The molecule has 0 spiro atoms. The van der Waals surface area contributed by atoms with Crippen molar-refractivity contribution < 1.29 is 29.9 Å². The summed E-state index contributed by atoms with van der Waals surface area (Å²) in [6, 6.07) is 34.6. The van der Waals surface area contributed by atoms with E-state index < -0.39 is 12.2 Å². The van der Waals surface area contributed by atoms with Crippen LogP contribution in [0, 0.1) is 0 Å². The van der Waals surface area contributed by atoms with Gasteiger partial charge in [-0.3, -0.25) is 0 Å². The first-order chi connectivity index (χ1) is 21.5. The fourth-order valence-corrected chi connectivity index (χ4v) is 6.07. The Bertz CT molecular complexity index is 1830. The Morgan fingerprint density at radius 2 is 0.909 bits per heavy atom. The van der Waals surface area contributed by atoms with E-state index >= 15 is 0 Å². The summed E-state index contributed by atoms with van der Waals surface area (Å²) < 4.78 is 12.1. The van der Waals surface area contributed by atoms with Gasteiger partial charge in [0, 0.05) is 35.1 Å². The topological polar surface area (TPSA) is 99.4 Å². The van der Waals surface area contributed by atoms with E-state index in [1.807, 2.05) is 109 Å². The third-order valence-corrected chi connectivity index (χ3v) is 8.40. The lowest BCUT2D eigenvalue weighted by Crippen LogP contribution is -2.29. The maximum atomic E-state index is 12.1. The average molecular weight is 585 g/mol. The van der Waals surface area contributed by atoms with E-state index in [9.17, 15) is 20.4 Å². The standard InChI is InChI=1S/C38H32O6/c39-33-15-17-43-27-13-11-25-19-31(23-7-3-1-4-8-23)37(41)35(29(25)21-27)36-30-22-28(44-18-16-34(33)40)14-12-26(30)20-32(38(36)42)24-9-5-2-6-10-24/h1-14,19-22,33-34,39-42H,15-18H2/t33-,34-/m1/s1. The lowest BCUT2D eigenvalue weighted by molar-refractivity contribution is -0.00333. The summed E-state index contributed by atoms with van der Waals surface area (Å²) in [6.07, 6.45) is -1.45. The van der Waals surface area contributed by atoms with Crippen molar-refractivity contribution in [2.45, 2.75) is 25.0 Å². The van der Waals surface area contributed by atoms with E-state index in [4.69, 9.17) is 9.47 Å². The van der Waals surface area contributed by atoms with Crippen LogP contribution in [0.5, 0.6) is 23.0 Å². The highest BCUT2D eigenvalue weighted by Crippen LogP contribution is 2.52. The molecule has 6 aromatic carbocycles. The molecule has 1 aliphatic rings. The van der Waals surface area contributed by atoms with Crippen LogP contribution in [0.15, 0.2) is 109 Å². The average Bonchev–Trinajstić information content (AvgIpc) is 3.05. The predicted octanol–water partition coefficient (Wildman–Crippen LogP) is 7.68. The molecule has 6 heteroatoms. The summed E-state index contributed by atoms with van der Waals surface area (Å²) in [4.78, 5) is 0. The van der Waals surface area contributed by atoms with Crippen molar-refractivity contribution in [3.8, 4) is 56.4 Å². The molecule has 1 heterocycles. The monoisotopic (exact) mass is 584 g/mol. The number of aliphatic hydroxyl groups is 2. The Morgan fingerprint density at radius 1 is 0.500 bits per heavy atom. The second-order valence-corrected chi connectivity index (χ2v) is 11.2. The molecule has 4 bridgehead atoms. The van der Waals surface area contributed by atoms with Crippen molar-refractivity contribution in [1.82, 2.24) is 0 Å². The second-order valence-electron chi connectivity index (χ2n) is 11.2. The number of hydrogen-bond acceptors (Lipinski definition) is 6. The van der Waals surface area contributed by atoms with Gasteiger partial charge in [0.2, 0.25) is 0 Å². The Kier molecular flexibility index (Phi) is 7.30. The van der Waals surface area contributed by atoms with Crippen LogP contribution in [0.4, 0.5) is 0 Å². The van der Waals surface area contributed by atoms with E-state index in [0.717, 1.165) is 21.9 Å². The van der Waals surface area contributed by atoms with Crippen molar-refractivity contribution in [3.63, 3.8) is 0 Å². The molecule has 6 aromatic rings. The van der Waals surface area contributed by atoms with Gasteiger partial charge in [0.25, 0.3) is 0 Å². The third-order valence-electron chi connectivity index (χ3n) is 8.40. The van der Waals surface area contributed by atoms with Gasteiger partial charge in [-0.05, 0) is 69.1 Å². The van der Waals surface area contributed by atoms with Crippen LogP contribution < -0.4 is 9.47 Å². The quantitative estimate of drug-likeness (QED) is 0.167. The number of phenolic OH excluding ortho intramolecular Hbond substituents is 2. The summed E-state index contributed by atoms with van der Waals surface area (Å²) in [5, 5.41) is 48.4. The van der Waals surface area contributed by atoms with Gasteiger partial charge in [0.05, 0.1) is 25.4 Å². The van der Waals surface area contributed by atoms with Crippen LogP contribution in [0.1, 0.15) is 12.8 Å². The predicted molar refractivity (Wildman–Crippen MR) is 173 cm³/mol. The molecule has 220 valence electrons. The Labute approximate surface area is 255 Å². The van der Waals surface area contributed by atoms with Crippen molar-refractivity contribution in [2.24, 2.45) is 0 Å². The molecule has 0 fully saturated rings. The van der Waals surface area contributed by atoms with Crippen LogP contribution >= 0.6 is 0 Å². The zero-order chi connectivity index (χ0) is 30.2. The minimum atomic E-state index is -0.962. The summed E-state index contributed by atoms with van der Waals surface area (Å²) in [5.74, 6) is 1.17. The van der Waals surface area contributed by atoms with E-state index in [0.29, 0.717) is 44.5 Å². The summed E-state index contributed by atoms with van der Waals surface area (Å²) in [5.41, 5.74) is 3.92. The number of hydrogen-bond donors (Lipinski definition) is 4. The van der Waals surface area contributed by atoms with Gasteiger partial charge < -0.3 is 29.9 Å². The van der Waals surface area contributed by atoms with Crippen LogP contribution in [0.25, 0.3) is 54.9 Å². The first kappa shape index (κ1) is 27.8. The van der Waals surface area contributed by atoms with Gasteiger partial charge in [0.15, 0.2) is 0 Å². The highest BCUT2D eigenvalue weighted by Gasteiger charge is 2.24. The van der Waals surface area contributed by atoms with Gasteiger partial charge in [-0.25, -0.2) is 0 Å². The second kappa shape index (κ2) is 11.6. The molecule has 2 atom stereocenters. The number of fused-ring (bicyclic) bond motifs is 3. The zero-order valence-corrected chi connectivity index (χ0v) is 24.0. The molecule has 0 saturated heterocycles. The Balaban J connectivity index is 1.58. The molecular formula is C38H32O6. The first-order valence-electron chi connectivity index (χ1n) is 14.8. The van der Waals surface area contributed by atoms with E-state index in [-0.39, 0.29) is 37.6 Å². The van der Waals surface area contributed by atoms with Gasteiger partial charge in [0.1, 0.15) is 23.0 Å². The summed E-state index contributed by atoms with van der Waals surface area (Å²) >= 11 is 0. The fourth-order valence-electron chi connectivity index (χ4n) is 6.07. The van der Waals surface area contributed by atoms with E-state index in [1.54, 1.807) is 0 Å². The number of rotatable bonds is 2. The van der Waals surface area contributed by atoms with Crippen LogP contribution in [0.2, 0.25) is 0 Å². The number of benzene rings is 6. The first-order valence-corrected chi connectivity index (χ1v) is 14.8. The van der Waals surface area contributed by atoms with Crippen molar-refractivity contribution >= 4 is 21.5 Å². The number of phenols is 2. The van der Waals surface area contributed by atoms with Gasteiger partial charge in [-0.1, -0.05) is 72.8 Å². The number of aliphatic hydroxyl groups excluding tert-OH is 2. The maximum absolute atomic E-state index is 12.1. The molecule has 0 amide bonds. The summed E-state index contributed by atoms with van der Waals surface area (Å²) in [7, 11) is 0. The normalized spacial score (nSPS) is 17.0. The Morgan fingerprint density at radius 3 is 1.32 bits per heavy atom. The molecule has 0 radical (unpaired) electrons. The van der Waals surface area contributed by atoms with Crippen molar-refractivity contribution in [2.75, 3.05) is 13.2 Å². The van der Waals surface area contributed by atoms with Crippen LogP contribution in [-0.4, -0.2) is 45.8 Å². The zero-order valence-electron chi connectivity index (χ0n) is 24.0. The molecule has 44 heavy (non-hydrogen) atoms. The molecule has 4 N–H and O–H groups in total. The smallest absolute Gasteiger partial charge is 0.132 e. The van der Waals surface area contributed by atoms with Crippen molar-refractivity contribution in [1.29, 1.82) is 0 Å². The molecule has 0 aromatic heterocycles. The van der Waals surface area contributed by atoms with Gasteiger partial charge in [-0.15, -0.1) is 0 Å². The Hall–Kier alpha value is -5.04. The minimum absolute atomic E-state index is 0.0358. The maximum Gasteiger partial charge on any atom is 0.132 e. The SMILES string of the molecule is Oc1c(-c2ccccc2)cc2ccc3cc2c1-c1c(O)c(-c2ccccc2)cc2ccc(cc12)OCC[C@@H](O)[C@H](O)CCO3. The molecule has 6 nitrogen and oxygen atoms in total. The minimum Gasteiger partial charge on any atom is -0.507 e. The molecular weight excluding hydrogens is 552 g/mol. The van der Waals surface area contributed by atoms with Gasteiger partial charge >= 0.3 is 0 Å². The van der Waals surface area contributed by atoms with Gasteiger partial charge in [-0.2, -0.15) is 0 Å². The molecule has 0 saturated carbocycles. The lowest BCUT2D eigenvalue weighted by atomic mass is 9.86. The van der Waals surface area contributed by atoms with Crippen LogP contribution in [0.3, 0.4) is 0 Å². The highest BCUT2D eigenvalue weighted by molar-refractivity contribution is 6.14. The summed E-state index contributed by atoms with van der Waals surface area (Å²) in [6.45, 7) is 0.373. The number of ether oxygens (including phenoxy) is 2. The molecule has 1 aliphatic heterocycles. The van der Waals surface area contributed by atoms with E-state index in [1.165, 1.54) is 0 Å². The molecule has 0 aliphatic carbocycles. The fraction of sp³-hybridized carbons (Fsp3) is 0.158. The molecule has 7 rings (SSSR count). The number of aromatic hydroxyl groups is 2. The molecule has 0 unspecified atom stereocenters.